The molecule has 2 aromatic rings. The Morgan fingerprint density at radius 1 is 0.800 bits per heavy atom. The number of hydrogen-bond acceptors (Lipinski definition) is 12. The first kappa shape index (κ1) is 34.0. The monoisotopic (exact) mass is 631 g/mol. The largest absolute Gasteiger partial charge is 0.504 e. The molecule has 2 aliphatic rings. The maximum Gasteiger partial charge on any atom is 0.243 e. The fourth-order valence-electron chi connectivity index (χ4n) is 4.82. The molecule has 45 heavy (non-hydrogen) atoms. The van der Waals surface area contributed by atoms with Gasteiger partial charge in [-0.1, -0.05) is 6.07 Å². The van der Waals surface area contributed by atoms with Crippen LogP contribution in [-0.2, 0) is 20.7 Å². The summed E-state index contributed by atoms with van der Waals surface area (Å²) in [6, 6.07) is 7.04. The summed E-state index contributed by atoms with van der Waals surface area (Å²) in [5.41, 5.74) is 0.925. The number of ether oxygens (including phenoxy) is 3. The second kappa shape index (κ2) is 16.4. The summed E-state index contributed by atoms with van der Waals surface area (Å²) < 4.78 is 17.1. The van der Waals surface area contributed by atoms with Crippen molar-refractivity contribution in [3.63, 3.8) is 0 Å². The molecule has 5 atom stereocenters. The number of phenolic OH excluding ortho intramolecular Hbond substituents is 2. The summed E-state index contributed by atoms with van der Waals surface area (Å²) in [6.45, 7) is 1.84. The Morgan fingerprint density at radius 2 is 1.56 bits per heavy atom. The van der Waals surface area contributed by atoms with E-state index in [1.807, 2.05) is 0 Å². The first-order chi connectivity index (χ1) is 21.7. The zero-order chi connectivity index (χ0) is 32.3. The van der Waals surface area contributed by atoms with Crippen molar-refractivity contribution in [2.24, 2.45) is 0 Å². The van der Waals surface area contributed by atoms with Crippen molar-refractivity contribution in [2.75, 3.05) is 32.8 Å². The van der Waals surface area contributed by atoms with Crippen molar-refractivity contribution in [3.05, 3.63) is 47.5 Å². The predicted octanol–water partition coefficient (Wildman–Crippen LogP) is 0.0205. The highest BCUT2D eigenvalue weighted by molar-refractivity contribution is 5.91. The Balaban J connectivity index is 1.63. The van der Waals surface area contributed by atoms with Crippen molar-refractivity contribution in [3.8, 4) is 28.7 Å². The second-order valence-electron chi connectivity index (χ2n) is 10.9. The molecule has 2 aromatic carbocycles. The summed E-state index contributed by atoms with van der Waals surface area (Å²) >= 11 is 0. The first-order valence-corrected chi connectivity index (χ1v) is 14.9. The molecule has 2 amide bonds. The summed E-state index contributed by atoms with van der Waals surface area (Å²) in [4.78, 5) is 24.9. The van der Waals surface area contributed by atoms with E-state index in [4.69, 9.17) is 14.2 Å². The predicted molar refractivity (Wildman–Crippen MR) is 161 cm³/mol. The van der Waals surface area contributed by atoms with Gasteiger partial charge < -0.3 is 60.8 Å². The number of carbonyl (C=O) groups is 2. The molecule has 2 heterocycles. The molecule has 1 saturated heterocycles. The lowest BCUT2D eigenvalue weighted by Crippen LogP contribution is -2.60. The number of carbonyl (C=O) groups excluding carboxylic acids is 2. The SMILES string of the molecule is O=C1/C=C/c2ccc(O)c(c2)Oc2cc(O[C@@H]3O[C@H](CO)[C@@H](O)[C@H](O)[C@H]3O)c(O)cc2CCC(=O)NCCCCNCCCN1. The van der Waals surface area contributed by atoms with E-state index in [-0.39, 0.29) is 47.7 Å². The first-order valence-electron chi connectivity index (χ1n) is 14.9. The number of aliphatic hydroxyl groups excluding tert-OH is 4. The van der Waals surface area contributed by atoms with Crippen LogP contribution in [0.15, 0.2) is 36.4 Å². The molecule has 0 spiro atoms. The van der Waals surface area contributed by atoms with Crippen LogP contribution < -0.4 is 25.4 Å². The van der Waals surface area contributed by atoms with E-state index in [9.17, 15) is 40.2 Å². The van der Waals surface area contributed by atoms with Crippen LogP contribution in [0.25, 0.3) is 6.08 Å². The van der Waals surface area contributed by atoms with Crippen molar-refractivity contribution >= 4 is 17.9 Å². The number of amides is 2. The Kier molecular flexibility index (Phi) is 12.4. The molecule has 14 nitrogen and oxygen atoms in total. The minimum Gasteiger partial charge on any atom is -0.504 e. The van der Waals surface area contributed by atoms with Gasteiger partial charge in [0.2, 0.25) is 18.1 Å². The lowest BCUT2D eigenvalue weighted by atomic mass is 9.99. The van der Waals surface area contributed by atoms with Crippen LogP contribution >= 0.6 is 0 Å². The minimum absolute atomic E-state index is 0.000885. The van der Waals surface area contributed by atoms with E-state index in [1.54, 1.807) is 12.1 Å². The van der Waals surface area contributed by atoms with Gasteiger partial charge in [-0.05, 0) is 74.2 Å². The lowest BCUT2D eigenvalue weighted by Gasteiger charge is -2.39. The smallest absolute Gasteiger partial charge is 0.243 e. The topological polar surface area (TPSA) is 219 Å². The fraction of sp³-hybridized carbons (Fsp3) is 0.484. The van der Waals surface area contributed by atoms with Crippen molar-refractivity contribution in [1.29, 1.82) is 0 Å². The number of aryl methyl sites for hydroxylation is 1. The maximum absolute atomic E-state index is 12.6. The van der Waals surface area contributed by atoms with Crippen LogP contribution in [0.4, 0.5) is 0 Å². The number of phenols is 2. The van der Waals surface area contributed by atoms with E-state index >= 15 is 0 Å². The fourth-order valence-corrected chi connectivity index (χ4v) is 4.82. The van der Waals surface area contributed by atoms with Gasteiger partial charge in [0.05, 0.1) is 6.61 Å². The van der Waals surface area contributed by atoms with Crippen LogP contribution in [0.2, 0.25) is 0 Å². The summed E-state index contributed by atoms with van der Waals surface area (Å²) in [5.74, 6) is -1.28. The standard InChI is InChI=1S/C31H41N3O11/c35-17-25-28(40)29(41)30(42)31(45-25)44-24-16-22-19(15-21(24)37)6-9-27(39)33-12-2-1-10-32-11-3-13-34-26(38)8-5-18-4-7-20(36)23(14-18)43-22/h4-5,7-8,14-16,25,28-32,35-37,40-42H,1-3,6,9-13,17H2,(H,33,39)(H,34,38)/b8-5+/t25-,28-,29+,30-,31-/m1/s1. The summed E-state index contributed by atoms with van der Waals surface area (Å²) in [5, 5.41) is 70.5. The van der Waals surface area contributed by atoms with Crippen LogP contribution in [0.3, 0.4) is 0 Å². The number of rotatable bonds is 3. The molecule has 0 unspecified atom stereocenters. The Hall–Kier alpha value is -3.92. The van der Waals surface area contributed by atoms with Gasteiger partial charge in [-0.2, -0.15) is 0 Å². The zero-order valence-corrected chi connectivity index (χ0v) is 24.7. The number of fused-ring (bicyclic) bond motifs is 3. The van der Waals surface area contributed by atoms with E-state index < -0.39 is 43.1 Å². The van der Waals surface area contributed by atoms with Gasteiger partial charge in [0.15, 0.2) is 23.0 Å². The average molecular weight is 632 g/mol. The van der Waals surface area contributed by atoms with Gasteiger partial charge in [0.1, 0.15) is 30.2 Å². The molecule has 4 rings (SSSR count). The molecule has 2 aliphatic heterocycles. The number of aliphatic hydroxyl groups is 4. The zero-order valence-electron chi connectivity index (χ0n) is 24.7. The third kappa shape index (κ3) is 9.53. The Labute approximate surface area is 260 Å². The molecule has 0 aliphatic carbocycles. The molecule has 0 saturated carbocycles. The number of nitrogens with one attached hydrogen (secondary N) is 3. The number of aromatic hydroxyl groups is 2. The van der Waals surface area contributed by atoms with Crippen molar-refractivity contribution in [1.82, 2.24) is 16.0 Å². The summed E-state index contributed by atoms with van der Waals surface area (Å²) in [7, 11) is 0. The van der Waals surface area contributed by atoms with Gasteiger partial charge >= 0.3 is 0 Å². The molecule has 14 heteroatoms. The second-order valence-corrected chi connectivity index (χ2v) is 10.9. The third-order valence-corrected chi connectivity index (χ3v) is 7.42. The van der Waals surface area contributed by atoms with Gasteiger partial charge in [-0.25, -0.2) is 0 Å². The highest BCUT2D eigenvalue weighted by Crippen LogP contribution is 2.40. The Bertz CT molecular complexity index is 1340. The molecular formula is C31H41N3O11. The number of hydrogen-bond donors (Lipinski definition) is 9. The van der Waals surface area contributed by atoms with E-state index in [2.05, 4.69) is 16.0 Å². The molecular weight excluding hydrogens is 590 g/mol. The van der Waals surface area contributed by atoms with Crippen LogP contribution in [0.5, 0.6) is 28.7 Å². The highest BCUT2D eigenvalue weighted by atomic mass is 16.7. The van der Waals surface area contributed by atoms with Crippen molar-refractivity contribution in [2.45, 2.75) is 62.8 Å². The maximum atomic E-state index is 12.6. The van der Waals surface area contributed by atoms with Crippen LogP contribution in [0, 0.1) is 0 Å². The summed E-state index contributed by atoms with van der Waals surface area (Å²) in [6.07, 6.45) is -2.35. The Morgan fingerprint density at radius 3 is 2.36 bits per heavy atom. The van der Waals surface area contributed by atoms with Gasteiger partial charge in [0, 0.05) is 31.7 Å². The van der Waals surface area contributed by atoms with Gasteiger partial charge in [-0.3, -0.25) is 9.59 Å². The normalized spacial score (nSPS) is 26.5. The van der Waals surface area contributed by atoms with Crippen molar-refractivity contribution < 1.29 is 54.4 Å². The molecule has 0 aromatic heterocycles. The molecule has 246 valence electrons. The van der Waals surface area contributed by atoms with Gasteiger partial charge in [0.25, 0.3) is 0 Å². The average Bonchev–Trinajstić information content (AvgIpc) is 3.02. The molecule has 9 N–H and O–H groups in total. The molecule has 2 bridgehead atoms. The molecule has 1 fully saturated rings. The van der Waals surface area contributed by atoms with E-state index in [1.165, 1.54) is 30.3 Å². The lowest BCUT2D eigenvalue weighted by molar-refractivity contribution is -0.277. The van der Waals surface area contributed by atoms with E-state index in [0.29, 0.717) is 24.2 Å². The van der Waals surface area contributed by atoms with E-state index in [0.717, 1.165) is 32.4 Å². The van der Waals surface area contributed by atoms with Gasteiger partial charge in [-0.15, -0.1) is 0 Å². The third-order valence-electron chi connectivity index (χ3n) is 7.42. The van der Waals surface area contributed by atoms with Crippen LogP contribution in [0.1, 0.15) is 36.8 Å². The molecule has 0 radical (unpaired) electrons. The quantitative estimate of drug-likeness (QED) is 0.219. The van der Waals surface area contributed by atoms with Crippen LogP contribution in [-0.4, -0.2) is 106 Å². The minimum atomic E-state index is -1.73. The highest BCUT2D eigenvalue weighted by Gasteiger charge is 2.45. The number of benzene rings is 2.